The van der Waals surface area contributed by atoms with Gasteiger partial charge in [0.25, 0.3) is 0 Å². The fourth-order valence-electron chi connectivity index (χ4n) is 7.04. The molecule has 3 aromatic heterocycles. The topological polar surface area (TPSA) is 120 Å². The van der Waals surface area contributed by atoms with E-state index >= 15 is 8.78 Å². The monoisotopic (exact) mass is 662 g/mol. The lowest BCUT2D eigenvalue weighted by atomic mass is 9.94. The minimum atomic E-state index is -0.794. The molecule has 1 amide bonds. The minimum absolute atomic E-state index is 0.0327. The van der Waals surface area contributed by atoms with E-state index in [4.69, 9.17) is 14.5 Å². The second-order valence-electron chi connectivity index (χ2n) is 13.5. The summed E-state index contributed by atoms with van der Waals surface area (Å²) in [7, 11) is 2.15. The minimum Gasteiger partial charge on any atom is -0.444 e. The number of ether oxygens (including phenoxy) is 2. The van der Waals surface area contributed by atoms with Gasteiger partial charge in [-0.3, -0.25) is 15.2 Å². The quantitative estimate of drug-likeness (QED) is 0.294. The molecule has 0 saturated carbocycles. The van der Waals surface area contributed by atoms with Crippen LogP contribution in [0.4, 0.5) is 24.5 Å². The smallest absolute Gasteiger partial charge is 0.412 e. The van der Waals surface area contributed by atoms with Gasteiger partial charge in [0.2, 0.25) is 5.95 Å². The molecule has 2 atom stereocenters. The number of piperazine rings is 1. The lowest BCUT2D eigenvalue weighted by Gasteiger charge is -2.41. The third kappa shape index (κ3) is 5.65. The summed E-state index contributed by atoms with van der Waals surface area (Å²) in [6, 6.07) is 2.87. The first-order valence-electron chi connectivity index (χ1n) is 15.7. The molecule has 3 aliphatic heterocycles. The van der Waals surface area contributed by atoms with Crippen LogP contribution in [0, 0.1) is 23.0 Å². The number of thiophene rings is 1. The predicted molar refractivity (Wildman–Crippen MR) is 175 cm³/mol. The first kappa shape index (κ1) is 31.6. The molecule has 7 rings (SSSR count). The number of nitrogens with zero attached hydrogens (tertiary/aromatic N) is 7. The molecule has 6 heterocycles. The van der Waals surface area contributed by atoms with Crippen LogP contribution < -0.4 is 10.2 Å². The van der Waals surface area contributed by atoms with Gasteiger partial charge < -0.3 is 19.3 Å². The van der Waals surface area contributed by atoms with Gasteiger partial charge in [0.05, 0.1) is 35.4 Å². The zero-order valence-corrected chi connectivity index (χ0v) is 27.8. The molecule has 4 aromatic rings. The fourth-order valence-corrected chi connectivity index (χ4v) is 8.08. The van der Waals surface area contributed by atoms with E-state index in [2.05, 4.69) is 50.0 Å². The Morgan fingerprint density at radius 2 is 1.94 bits per heavy atom. The highest BCUT2D eigenvalue weighted by atomic mass is 32.1. The summed E-state index contributed by atoms with van der Waals surface area (Å²) in [6.45, 7) is 12.3. The molecule has 0 spiro atoms. The number of likely N-dealkylation sites (N-methyl/N-ethyl adjacent to an activating group) is 1. The van der Waals surface area contributed by atoms with Crippen molar-refractivity contribution in [2.45, 2.75) is 65.0 Å². The molecular formula is C33H36F2N8O3S. The van der Waals surface area contributed by atoms with E-state index in [0.717, 1.165) is 62.2 Å². The lowest BCUT2D eigenvalue weighted by Crippen LogP contribution is -2.54. The average Bonchev–Trinajstić information content (AvgIpc) is 3.76. The third-order valence-electron chi connectivity index (χ3n) is 9.12. The van der Waals surface area contributed by atoms with Crippen LogP contribution in [-0.2, 0) is 22.7 Å². The van der Waals surface area contributed by atoms with Crippen LogP contribution in [0.1, 0.15) is 50.8 Å². The summed E-state index contributed by atoms with van der Waals surface area (Å²) in [5.41, 5.74) is 0.754. The van der Waals surface area contributed by atoms with Crippen molar-refractivity contribution in [2.24, 2.45) is 0 Å². The van der Waals surface area contributed by atoms with Gasteiger partial charge in [0.1, 0.15) is 22.2 Å². The van der Waals surface area contributed by atoms with Crippen LogP contribution in [0.15, 0.2) is 12.4 Å². The molecule has 2 fully saturated rings. The number of rotatable bonds is 4. The number of fused-ring (bicyclic) bond motifs is 4. The number of amides is 1. The average molecular weight is 663 g/mol. The zero-order chi connectivity index (χ0) is 33.2. The number of nitrogens with one attached hydrogen (secondary N) is 1. The number of hydrogen-bond acceptors (Lipinski definition) is 11. The number of halogens is 2. The van der Waals surface area contributed by atoms with E-state index in [9.17, 15) is 10.1 Å². The molecule has 246 valence electrons. The highest BCUT2D eigenvalue weighted by Gasteiger charge is 2.35. The Labute approximate surface area is 275 Å². The normalized spacial score (nSPS) is 20.6. The van der Waals surface area contributed by atoms with Crippen molar-refractivity contribution in [3.8, 4) is 17.3 Å². The first-order chi connectivity index (χ1) is 22.4. The molecule has 0 bridgehead atoms. The molecule has 47 heavy (non-hydrogen) atoms. The van der Waals surface area contributed by atoms with Crippen molar-refractivity contribution in [2.75, 3.05) is 50.0 Å². The second kappa shape index (κ2) is 11.9. The highest BCUT2D eigenvalue weighted by molar-refractivity contribution is 7.23. The Kier molecular flexibility index (Phi) is 7.99. The Morgan fingerprint density at radius 3 is 2.68 bits per heavy atom. The second-order valence-corrected chi connectivity index (χ2v) is 14.5. The van der Waals surface area contributed by atoms with Crippen LogP contribution in [0.5, 0.6) is 0 Å². The summed E-state index contributed by atoms with van der Waals surface area (Å²) in [5.74, 6) is -0.896. The number of carbonyl (C=O) groups is 1. The maximum atomic E-state index is 16.9. The van der Waals surface area contributed by atoms with Crippen molar-refractivity contribution in [3.63, 3.8) is 0 Å². The number of carbonyl (C=O) groups excluding carboxylic acids is 1. The first-order valence-corrected chi connectivity index (χ1v) is 16.5. The van der Waals surface area contributed by atoms with Crippen LogP contribution >= 0.6 is 11.3 Å². The predicted octanol–water partition coefficient (Wildman–Crippen LogP) is 5.65. The van der Waals surface area contributed by atoms with Gasteiger partial charge in [0, 0.05) is 67.3 Å². The summed E-state index contributed by atoms with van der Waals surface area (Å²) in [4.78, 5) is 33.4. The van der Waals surface area contributed by atoms with E-state index in [1.165, 1.54) is 0 Å². The largest absolute Gasteiger partial charge is 0.444 e. The maximum absolute atomic E-state index is 16.9. The van der Waals surface area contributed by atoms with Gasteiger partial charge in [0.15, 0.2) is 11.6 Å². The van der Waals surface area contributed by atoms with Gasteiger partial charge in [-0.15, -0.1) is 11.3 Å². The van der Waals surface area contributed by atoms with E-state index in [1.807, 2.05) is 0 Å². The molecule has 0 unspecified atom stereocenters. The van der Waals surface area contributed by atoms with Crippen LogP contribution in [0.25, 0.3) is 32.2 Å². The molecular weight excluding hydrogens is 626 g/mol. The number of anilines is 2. The SMILES string of the molecule is C[C@@H]1CN(C)CCN1[C@@H]1CCN(c2ncc3c4c(c(-c5ncc(F)c6sc(NC(=O)OC(C)(C)C)c(C#N)c56)c(F)c3n2)COC4)C1. The molecule has 2 saturated heterocycles. The molecule has 1 aromatic carbocycles. The number of hydrogen-bond donors (Lipinski definition) is 1. The van der Waals surface area contributed by atoms with Crippen molar-refractivity contribution in [1.29, 1.82) is 5.26 Å². The number of aromatic nitrogens is 3. The van der Waals surface area contributed by atoms with Gasteiger partial charge in [-0.25, -0.2) is 23.5 Å². The number of benzene rings is 1. The third-order valence-corrected chi connectivity index (χ3v) is 10.2. The van der Waals surface area contributed by atoms with Crippen molar-refractivity contribution in [3.05, 3.63) is 40.7 Å². The fraction of sp³-hybridized carbons (Fsp3) is 0.485. The molecule has 0 aliphatic carbocycles. The van der Waals surface area contributed by atoms with E-state index in [-0.39, 0.29) is 50.6 Å². The molecule has 3 aliphatic rings. The molecule has 11 nitrogen and oxygen atoms in total. The van der Waals surface area contributed by atoms with Crippen molar-refractivity contribution in [1.82, 2.24) is 24.8 Å². The molecule has 14 heteroatoms. The molecule has 1 N–H and O–H groups in total. The van der Waals surface area contributed by atoms with Gasteiger partial charge in [-0.1, -0.05) is 0 Å². The number of nitriles is 1. The summed E-state index contributed by atoms with van der Waals surface area (Å²) >= 11 is 0.870. The summed E-state index contributed by atoms with van der Waals surface area (Å²) in [6.07, 6.45) is 2.84. The zero-order valence-electron chi connectivity index (χ0n) is 27.0. The summed E-state index contributed by atoms with van der Waals surface area (Å²) in [5, 5.41) is 13.5. The summed E-state index contributed by atoms with van der Waals surface area (Å²) < 4.78 is 43.3. The van der Waals surface area contributed by atoms with Gasteiger partial charge in [-0.05, 0) is 52.3 Å². The highest BCUT2D eigenvalue weighted by Crippen LogP contribution is 2.46. The standard InChI is InChI=1S/C33H36F2N8O3S/c1-17-13-41(5)8-9-43(17)18-6-7-42(14-18)31-38-11-20-21-15-45-16-22(21)24(26(35)27(20)39-31)28-25-19(10-36)30(40-32(44)46-33(2,3)4)47-29(25)23(34)12-37-28/h11-12,17-18H,6-9,13-16H2,1-5H3,(H,40,44)/t17-,18-/m1/s1. The van der Waals surface area contributed by atoms with E-state index in [1.54, 1.807) is 27.0 Å². The van der Waals surface area contributed by atoms with Gasteiger partial charge in [-0.2, -0.15) is 5.26 Å². The number of pyridine rings is 1. The van der Waals surface area contributed by atoms with Gasteiger partial charge >= 0.3 is 6.09 Å². The Morgan fingerprint density at radius 1 is 1.15 bits per heavy atom. The lowest BCUT2D eigenvalue weighted by molar-refractivity contribution is 0.0636. The Bertz CT molecular complexity index is 1950. The van der Waals surface area contributed by atoms with Crippen molar-refractivity contribution >= 4 is 49.4 Å². The van der Waals surface area contributed by atoms with Crippen LogP contribution in [0.3, 0.4) is 0 Å². The molecule has 0 radical (unpaired) electrons. The van der Waals surface area contributed by atoms with E-state index in [0.29, 0.717) is 29.0 Å². The van der Waals surface area contributed by atoms with E-state index < -0.39 is 23.3 Å². The van der Waals surface area contributed by atoms with Crippen LogP contribution in [0.2, 0.25) is 0 Å². The Balaban J connectivity index is 1.31. The maximum Gasteiger partial charge on any atom is 0.412 e. The van der Waals surface area contributed by atoms with Crippen LogP contribution in [-0.4, -0.2) is 88.3 Å². The Hall–Kier alpha value is -4.03. The van der Waals surface area contributed by atoms with Crippen molar-refractivity contribution < 1.29 is 23.0 Å².